The van der Waals surface area contributed by atoms with Crippen molar-refractivity contribution >= 4 is 17.5 Å². The van der Waals surface area contributed by atoms with E-state index in [9.17, 15) is 4.79 Å². The van der Waals surface area contributed by atoms with Crippen molar-refractivity contribution < 1.29 is 9.53 Å². The second-order valence-electron chi connectivity index (χ2n) is 8.21. The average Bonchev–Trinajstić information content (AvgIpc) is 2.69. The molecule has 0 spiro atoms. The molecule has 1 aromatic carbocycles. The molecule has 1 aliphatic carbocycles. The van der Waals surface area contributed by atoms with E-state index < -0.39 is 0 Å². The second kappa shape index (κ2) is 8.72. The summed E-state index contributed by atoms with van der Waals surface area (Å²) in [4.78, 5) is 18.4. The van der Waals surface area contributed by atoms with E-state index in [1.165, 1.54) is 30.4 Å². The maximum Gasteiger partial charge on any atom is 0.220 e. The fourth-order valence-electron chi connectivity index (χ4n) is 4.30. The Kier molecular flexibility index (Phi) is 6.07. The van der Waals surface area contributed by atoms with Gasteiger partial charge in [-0.1, -0.05) is 18.0 Å². The molecule has 2 heterocycles. The second-order valence-corrected chi connectivity index (χ2v) is 8.59. The van der Waals surface area contributed by atoms with Gasteiger partial charge in [-0.25, -0.2) is 0 Å². The zero-order chi connectivity index (χ0) is 20.4. The van der Waals surface area contributed by atoms with Crippen LogP contribution in [0.2, 0.25) is 5.02 Å². The predicted molar refractivity (Wildman–Crippen MR) is 115 cm³/mol. The van der Waals surface area contributed by atoms with E-state index >= 15 is 0 Å². The van der Waals surface area contributed by atoms with Gasteiger partial charge in [-0.05, 0) is 80.1 Å². The van der Waals surface area contributed by atoms with Gasteiger partial charge in [0.1, 0.15) is 5.75 Å². The van der Waals surface area contributed by atoms with Crippen LogP contribution < -0.4 is 10.5 Å². The van der Waals surface area contributed by atoms with Crippen molar-refractivity contribution in [3.8, 4) is 17.0 Å². The highest BCUT2D eigenvalue weighted by Gasteiger charge is 2.25. The van der Waals surface area contributed by atoms with Gasteiger partial charge in [0, 0.05) is 24.2 Å². The maximum atomic E-state index is 11.4. The Bertz CT molecular complexity index is 890. The highest BCUT2D eigenvalue weighted by Crippen LogP contribution is 2.44. The van der Waals surface area contributed by atoms with Crippen molar-refractivity contribution in [2.24, 2.45) is 11.7 Å². The number of amides is 1. The molecule has 2 N–H and O–H groups in total. The number of aromatic nitrogens is 1. The molecule has 5 nitrogen and oxygen atoms in total. The molecule has 0 atom stereocenters. The molecule has 1 aliphatic heterocycles. The monoisotopic (exact) mass is 413 g/mol. The summed E-state index contributed by atoms with van der Waals surface area (Å²) < 4.78 is 5.54. The van der Waals surface area contributed by atoms with Crippen molar-refractivity contribution in [2.75, 3.05) is 20.2 Å². The number of hydrogen-bond donors (Lipinski definition) is 1. The quantitative estimate of drug-likeness (QED) is 0.763. The summed E-state index contributed by atoms with van der Waals surface area (Å²) in [6, 6.07) is 8.37. The number of ether oxygens (including phenoxy) is 1. The fraction of sp³-hybridized carbons (Fsp3) is 0.478. The van der Waals surface area contributed by atoms with Gasteiger partial charge in [0.25, 0.3) is 0 Å². The van der Waals surface area contributed by atoms with E-state index in [4.69, 9.17) is 22.1 Å². The first-order valence-corrected chi connectivity index (χ1v) is 10.8. The Morgan fingerprint density at radius 2 is 2.00 bits per heavy atom. The molecule has 1 saturated heterocycles. The number of primary amides is 1. The van der Waals surface area contributed by atoms with Gasteiger partial charge in [0.05, 0.1) is 17.8 Å². The number of carbonyl (C=O) groups is 1. The van der Waals surface area contributed by atoms with Gasteiger partial charge in [-0.15, -0.1) is 0 Å². The van der Waals surface area contributed by atoms with Crippen LogP contribution >= 0.6 is 11.6 Å². The van der Waals surface area contributed by atoms with Crippen LogP contribution in [0.3, 0.4) is 0 Å². The number of pyridine rings is 1. The predicted octanol–water partition coefficient (Wildman–Crippen LogP) is 4.38. The SMILES string of the molecule is COc1cc(-c2cc(CN3CCC(C(N)=O)CC3)ccn2)cc(C2CCC2)c1Cl. The van der Waals surface area contributed by atoms with Crippen LogP contribution in [0.25, 0.3) is 11.3 Å². The first kappa shape index (κ1) is 20.2. The normalized spacial score (nSPS) is 18.4. The molecule has 2 aromatic rings. The Hall–Kier alpha value is -2.11. The van der Waals surface area contributed by atoms with Gasteiger partial charge in [-0.2, -0.15) is 0 Å². The Labute approximate surface area is 177 Å². The summed E-state index contributed by atoms with van der Waals surface area (Å²) in [5.74, 6) is 1.08. The van der Waals surface area contributed by atoms with E-state index in [0.717, 1.165) is 48.8 Å². The third-order valence-corrected chi connectivity index (χ3v) is 6.75. The molecular formula is C23H28ClN3O2. The summed E-state index contributed by atoms with van der Waals surface area (Å²) in [6.45, 7) is 2.64. The fourth-order valence-corrected chi connectivity index (χ4v) is 4.64. The van der Waals surface area contributed by atoms with Crippen molar-refractivity contribution in [2.45, 2.75) is 44.6 Å². The number of likely N-dealkylation sites (tertiary alicyclic amines) is 1. The number of nitrogens with two attached hydrogens (primary N) is 1. The van der Waals surface area contributed by atoms with Crippen LogP contribution in [0, 0.1) is 5.92 Å². The Morgan fingerprint density at radius 1 is 1.24 bits per heavy atom. The standard InChI is InChI=1S/C23H28ClN3O2/c1-29-21-13-18(12-19(22(21)24)16-3-2-4-16)20-11-15(5-8-26-20)14-27-9-6-17(7-10-27)23(25)28/h5,8,11-13,16-17H,2-4,6-7,9-10,14H2,1H3,(H2,25,28). The third kappa shape index (κ3) is 4.41. The van der Waals surface area contributed by atoms with Crippen LogP contribution in [0.4, 0.5) is 0 Å². The van der Waals surface area contributed by atoms with Gasteiger partial charge < -0.3 is 10.5 Å². The third-order valence-electron chi connectivity index (χ3n) is 6.35. The van der Waals surface area contributed by atoms with Gasteiger partial charge in [-0.3, -0.25) is 14.7 Å². The largest absolute Gasteiger partial charge is 0.495 e. The number of nitrogens with zero attached hydrogens (tertiary/aromatic N) is 2. The number of piperidine rings is 1. The molecule has 154 valence electrons. The van der Waals surface area contributed by atoms with E-state index in [0.29, 0.717) is 11.7 Å². The van der Waals surface area contributed by atoms with Crippen molar-refractivity contribution in [1.82, 2.24) is 9.88 Å². The maximum absolute atomic E-state index is 11.4. The zero-order valence-corrected chi connectivity index (χ0v) is 17.6. The smallest absolute Gasteiger partial charge is 0.220 e. The topological polar surface area (TPSA) is 68.5 Å². The molecule has 2 fully saturated rings. The molecule has 4 rings (SSSR count). The number of carbonyl (C=O) groups excluding carboxylic acids is 1. The summed E-state index contributed by atoms with van der Waals surface area (Å²) in [7, 11) is 1.66. The lowest BCUT2D eigenvalue weighted by Gasteiger charge is -2.30. The minimum Gasteiger partial charge on any atom is -0.495 e. The Balaban J connectivity index is 1.54. The lowest BCUT2D eigenvalue weighted by molar-refractivity contribution is -0.123. The van der Waals surface area contributed by atoms with E-state index in [-0.39, 0.29) is 11.8 Å². The zero-order valence-electron chi connectivity index (χ0n) is 16.9. The van der Waals surface area contributed by atoms with Crippen molar-refractivity contribution in [1.29, 1.82) is 0 Å². The summed E-state index contributed by atoms with van der Waals surface area (Å²) in [5.41, 5.74) is 9.81. The van der Waals surface area contributed by atoms with Crippen LogP contribution in [0.15, 0.2) is 30.5 Å². The molecule has 0 radical (unpaired) electrons. The summed E-state index contributed by atoms with van der Waals surface area (Å²) in [6.07, 6.45) is 7.17. The van der Waals surface area contributed by atoms with Crippen LogP contribution in [0.1, 0.15) is 49.1 Å². The highest BCUT2D eigenvalue weighted by atomic mass is 35.5. The van der Waals surface area contributed by atoms with Crippen molar-refractivity contribution in [3.05, 3.63) is 46.6 Å². The van der Waals surface area contributed by atoms with Gasteiger partial charge in [0.15, 0.2) is 0 Å². The Morgan fingerprint density at radius 3 is 2.62 bits per heavy atom. The number of rotatable bonds is 6. The van der Waals surface area contributed by atoms with Crippen LogP contribution in [0.5, 0.6) is 5.75 Å². The number of halogens is 1. The number of hydrogen-bond acceptors (Lipinski definition) is 4. The first-order valence-electron chi connectivity index (χ1n) is 10.4. The molecule has 1 amide bonds. The average molecular weight is 414 g/mol. The lowest BCUT2D eigenvalue weighted by Crippen LogP contribution is -2.38. The van der Waals surface area contributed by atoms with Crippen molar-refractivity contribution in [3.63, 3.8) is 0 Å². The number of benzene rings is 1. The molecule has 29 heavy (non-hydrogen) atoms. The van der Waals surface area contributed by atoms with Gasteiger partial charge >= 0.3 is 0 Å². The summed E-state index contributed by atoms with van der Waals surface area (Å²) >= 11 is 6.59. The molecule has 2 aliphatic rings. The minimum atomic E-state index is -0.171. The summed E-state index contributed by atoms with van der Waals surface area (Å²) in [5, 5.41) is 0.731. The van der Waals surface area contributed by atoms with Gasteiger partial charge in [0.2, 0.25) is 5.91 Å². The van der Waals surface area contributed by atoms with E-state index in [1.807, 2.05) is 12.3 Å². The first-order chi connectivity index (χ1) is 14.0. The van der Waals surface area contributed by atoms with E-state index in [1.54, 1.807) is 7.11 Å². The molecular weight excluding hydrogens is 386 g/mol. The number of methoxy groups -OCH3 is 1. The minimum absolute atomic E-state index is 0.0192. The molecule has 1 aromatic heterocycles. The molecule has 0 unspecified atom stereocenters. The van der Waals surface area contributed by atoms with Crippen LogP contribution in [-0.4, -0.2) is 36.0 Å². The lowest BCUT2D eigenvalue weighted by atomic mass is 9.79. The van der Waals surface area contributed by atoms with E-state index in [2.05, 4.69) is 28.1 Å². The molecule has 1 saturated carbocycles. The van der Waals surface area contributed by atoms with Crippen LogP contribution in [-0.2, 0) is 11.3 Å². The molecule has 0 bridgehead atoms. The molecule has 6 heteroatoms. The highest BCUT2D eigenvalue weighted by molar-refractivity contribution is 6.33.